The third-order valence-electron chi connectivity index (χ3n) is 4.61. The van der Waals surface area contributed by atoms with Gasteiger partial charge in [0.2, 0.25) is 0 Å². The standard InChI is InChI=1S/C24H22ClN3O6S/c1-33-24(30)17-34-19-13-11-18(12-14-19)15-26-27-23(29)16-28(22-10-6-5-9-21(22)25)35(31,32)20-7-3-2-4-8-20/h2-15H,16-17H2,1H3,(H,27,29)/b26-15-. The summed E-state index contributed by atoms with van der Waals surface area (Å²) in [4.78, 5) is 23.7. The molecule has 0 aromatic heterocycles. The quantitative estimate of drug-likeness (QED) is 0.252. The Bertz CT molecular complexity index is 1300. The lowest BCUT2D eigenvalue weighted by Gasteiger charge is -2.24. The molecule has 0 atom stereocenters. The van der Waals surface area contributed by atoms with Crippen LogP contribution in [0.25, 0.3) is 0 Å². The minimum absolute atomic E-state index is 0.0192. The number of methoxy groups -OCH3 is 1. The highest BCUT2D eigenvalue weighted by molar-refractivity contribution is 7.92. The van der Waals surface area contributed by atoms with Gasteiger partial charge in [0.25, 0.3) is 15.9 Å². The fourth-order valence-corrected chi connectivity index (χ4v) is 4.62. The molecule has 0 aliphatic heterocycles. The Morgan fingerprint density at radius 3 is 2.31 bits per heavy atom. The number of esters is 1. The molecule has 0 saturated heterocycles. The fraction of sp³-hybridized carbons (Fsp3) is 0.125. The molecule has 0 heterocycles. The summed E-state index contributed by atoms with van der Waals surface area (Å²) in [6, 6.07) is 20.7. The summed E-state index contributed by atoms with van der Waals surface area (Å²) in [5.74, 6) is -0.713. The third kappa shape index (κ3) is 7.05. The van der Waals surface area contributed by atoms with Crippen LogP contribution in [0.4, 0.5) is 5.69 Å². The predicted octanol–water partition coefficient (Wildman–Crippen LogP) is 3.24. The zero-order valence-corrected chi connectivity index (χ0v) is 20.2. The molecule has 0 saturated carbocycles. The molecule has 1 N–H and O–H groups in total. The number of hydrazone groups is 1. The van der Waals surface area contributed by atoms with Crippen LogP contribution in [0.5, 0.6) is 5.75 Å². The highest BCUT2D eigenvalue weighted by Gasteiger charge is 2.28. The molecular formula is C24H22ClN3O6S. The highest BCUT2D eigenvalue weighted by atomic mass is 35.5. The number of anilines is 1. The van der Waals surface area contributed by atoms with E-state index < -0.39 is 28.4 Å². The minimum atomic E-state index is -4.08. The number of hydrogen-bond donors (Lipinski definition) is 1. The molecule has 0 spiro atoms. The van der Waals surface area contributed by atoms with Crippen LogP contribution in [-0.4, -0.2) is 46.8 Å². The maximum atomic E-state index is 13.3. The number of carbonyl (C=O) groups is 2. The first kappa shape index (κ1) is 25.7. The van der Waals surface area contributed by atoms with E-state index in [2.05, 4.69) is 15.3 Å². The second-order valence-corrected chi connectivity index (χ2v) is 9.27. The van der Waals surface area contributed by atoms with Crippen LogP contribution >= 0.6 is 11.6 Å². The van der Waals surface area contributed by atoms with Crippen molar-refractivity contribution in [1.29, 1.82) is 0 Å². The van der Waals surface area contributed by atoms with Crippen molar-refractivity contribution >= 4 is 45.4 Å². The molecule has 35 heavy (non-hydrogen) atoms. The van der Waals surface area contributed by atoms with Crippen molar-refractivity contribution in [3.05, 3.63) is 89.4 Å². The molecule has 0 unspecified atom stereocenters. The van der Waals surface area contributed by atoms with E-state index in [0.717, 1.165) is 4.31 Å². The van der Waals surface area contributed by atoms with Crippen LogP contribution in [0, 0.1) is 0 Å². The van der Waals surface area contributed by atoms with Gasteiger partial charge in [-0.15, -0.1) is 0 Å². The summed E-state index contributed by atoms with van der Waals surface area (Å²) < 4.78 is 37.2. The van der Waals surface area contributed by atoms with E-state index in [0.29, 0.717) is 11.3 Å². The number of amides is 1. The maximum Gasteiger partial charge on any atom is 0.343 e. The van der Waals surface area contributed by atoms with Gasteiger partial charge in [-0.05, 0) is 54.1 Å². The Morgan fingerprint density at radius 1 is 1.00 bits per heavy atom. The number of sulfonamides is 1. The summed E-state index contributed by atoms with van der Waals surface area (Å²) >= 11 is 6.24. The van der Waals surface area contributed by atoms with Gasteiger partial charge in [0, 0.05) is 0 Å². The molecule has 0 fully saturated rings. The lowest BCUT2D eigenvalue weighted by Crippen LogP contribution is -2.39. The van der Waals surface area contributed by atoms with E-state index in [9.17, 15) is 18.0 Å². The average Bonchev–Trinajstić information content (AvgIpc) is 2.87. The van der Waals surface area contributed by atoms with E-state index in [1.165, 1.54) is 31.5 Å². The topological polar surface area (TPSA) is 114 Å². The summed E-state index contributed by atoms with van der Waals surface area (Å²) in [5.41, 5.74) is 3.13. The molecule has 182 valence electrons. The summed E-state index contributed by atoms with van der Waals surface area (Å²) in [7, 11) is -2.81. The fourth-order valence-electron chi connectivity index (χ4n) is 2.87. The second-order valence-electron chi connectivity index (χ2n) is 7.00. The number of hydrogen-bond acceptors (Lipinski definition) is 7. The van der Waals surface area contributed by atoms with E-state index >= 15 is 0 Å². The monoisotopic (exact) mass is 515 g/mol. The first-order valence-corrected chi connectivity index (χ1v) is 12.1. The largest absolute Gasteiger partial charge is 0.482 e. The number of carbonyl (C=O) groups excluding carboxylic acids is 2. The van der Waals surface area contributed by atoms with E-state index in [1.54, 1.807) is 60.7 Å². The van der Waals surface area contributed by atoms with Gasteiger partial charge in [-0.1, -0.05) is 41.9 Å². The molecule has 0 aliphatic carbocycles. The van der Waals surface area contributed by atoms with E-state index in [4.69, 9.17) is 16.3 Å². The molecule has 0 radical (unpaired) electrons. The van der Waals surface area contributed by atoms with Gasteiger partial charge in [0.15, 0.2) is 6.61 Å². The average molecular weight is 516 g/mol. The molecule has 0 bridgehead atoms. The number of nitrogens with one attached hydrogen (secondary N) is 1. The number of halogens is 1. The Balaban J connectivity index is 1.70. The maximum absolute atomic E-state index is 13.3. The molecule has 3 aromatic rings. The highest BCUT2D eigenvalue weighted by Crippen LogP contribution is 2.30. The first-order valence-electron chi connectivity index (χ1n) is 10.2. The van der Waals surface area contributed by atoms with Crippen molar-refractivity contribution in [1.82, 2.24) is 5.43 Å². The normalized spacial score (nSPS) is 11.1. The zero-order chi connectivity index (χ0) is 25.3. The van der Waals surface area contributed by atoms with Gasteiger partial charge in [0.1, 0.15) is 12.3 Å². The molecular weight excluding hydrogens is 494 g/mol. The molecule has 0 aliphatic rings. The minimum Gasteiger partial charge on any atom is -0.482 e. The Morgan fingerprint density at radius 2 is 1.66 bits per heavy atom. The molecule has 3 rings (SSSR count). The number of para-hydroxylation sites is 1. The summed E-state index contributed by atoms with van der Waals surface area (Å²) in [5, 5.41) is 4.07. The van der Waals surface area contributed by atoms with E-state index in [1.807, 2.05) is 0 Å². The summed E-state index contributed by atoms with van der Waals surface area (Å²) in [6.07, 6.45) is 1.38. The predicted molar refractivity (Wildman–Crippen MR) is 132 cm³/mol. The number of rotatable bonds is 10. The first-order chi connectivity index (χ1) is 16.8. The van der Waals surface area contributed by atoms with Crippen molar-refractivity contribution < 1.29 is 27.5 Å². The Hall–Kier alpha value is -3.89. The van der Waals surface area contributed by atoms with Crippen molar-refractivity contribution in [3.63, 3.8) is 0 Å². The smallest absolute Gasteiger partial charge is 0.343 e. The van der Waals surface area contributed by atoms with Crippen LogP contribution in [0.3, 0.4) is 0 Å². The van der Waals surface area contributed by atoms with Gasteiger partial charge in [-0.25, -0.2) is 18.6 Å². The van der Waals surface area contributed by atoms with Gasteiger partial charge in [0.05, 0.1) is 28.9 Å². The molecule has 1 amide bonds. The zero-order valence-electron chi connectivity index (χ0n) is 18.6. The van der Waals surface area contributed by atoms with Crippen LogP contribution in [-0.2, 0) is 24.3 Å². The van der Waals surface area contributed by atoms with Crippen LogP contribution < -0.4 is 14.5 Å². The van der Waals surface area contributed by atoms with Crippen molar-refractivity contribution in [2.45, 2.75) is 4.90 Å². The van der Waals surface area contributed by atoms with Crippen LogP contribution in [0.1, 0.15) is 5.56 Å². The SMILES string of the molecule is COC(=O)COc1ccc(/C=N\NC(=O)CN(c2ccccc2Cl)S(=O)(=O)c2ccccc2)cc1. The van der Waals surface area contributed by atoms with Gasteiger partial charge < -0.3 is 9.47 Å². The van der Waals surface area contributed by atoms with Crippen LogP contribution in [0.2, 0.25) is 5.02 Å². The Labute approximate surface area is 208 Å². The van der Waals surface area contributed by atoms with Crippen molar-refractivity contribution in [3.8, 4) is 5.75 Å². The lowest BCUT2D eigenvalue weighted by atomic mass is 10.2. The molecule has 9 nitrogen and oxygen atoms in total. The number of ether oxygens (including phenoxy) is 2. The molecule has 3 aromatic carbocycles. The Kier molecular flexibility index (Phi) is 8.82. The lowest BCUT2D eigenvalue weighted by molar-refractivity contribution is -0.142. The van der Waals surface area contributed by atoms with Crippen LogP contribution in [0.15, 0.2) is 88.9 Å². The second kappa shape index (κ2) is 12.0. The number of nitrogens with zero attached hydrogens (tertiary/aromatic N) is 2. The molecule has 11 heteroatoms. The number of benzene rings is 3. The van der Waals surface area contributed by atoms with Gasteiger partial charge >= 0.3 is 5.97 Å². The van der Waals surface area contributed by atoms with Crippen molar-refractivity contribution in [2.75, 3.05) is 24.6 Å². The van der Waals surface area contributed by atoms with Gasteiger partial charge in [-0.2, -0.15) is 5.10 Å². The van der Waals surface area contributed by atoms with Gasteiger partial charge in [-0.3, -0.25) is 9.10 Å². The summed E-state index contributed by atoms with van der Waals surface area (Å²) in [6.45, 7) is -0.758. The third-order valence-corrected chi connectivity index (χ3v) is 6.70. The van der Waals surface area contributed by atoms with E-state index in [-0.39, 0.29) is 22.2 Å². The van der Waals surface area contributed by atoms with Crippen molar-refractivity contribution in [2.24, 2.45) is 5.10 Å².